The van der Waals surface area contributed by atoms with Gasteiger partial charge in [-0.1, -0.05) is 22.9 Å². The average Bonchev–Trinajstić information content (AvgIpc) is 2.91. The van der Waals surface area contributed by atoms with E-state index >= 15 is 0 Å². The molecule has 0 atom stereocenters. The van der Waals surface area contributed by atoms with Crippen LogP contribution < -0.4 is 15.7 Å². The van der Waals surface area contributed by atoms with Crippen molar-refractivity contribution in [2.75, 3.05) is 11.9 Å². The van der Waals surface area contributed by atoms with E-state index in [9.17, 15) is 4.79 Å². The number of halogens is 1. The number of H-pyrrole nitrogens is 2. The molecule has 0 saturated carbocycles. The molecule has 3 aromatic rings. The van der Waals surface area contributed by atoms with E-state index < -0.39 is 0 Å². The van der Waals surface area contributed by atoms with Gasteiger partial charge in [0.1, 0.15) is 5.75 Å². The Kier molecular flexibility index (Phi) is 4.71. The highest BCUT2D eigenvalue weighted by atomic mass is 79.9. The molecule has 0 fully saturated rings. The summed E-state index contributed by atoms with van der Waals surface area (Å²) in [6, 6.07) is 11.7. The van der Waals surface area contributed by atoms with Crippen LogP contribution in [0.15, 0.2) is 45.7 Å². The predicted molar refractivity (Wildman–Crippen MR) is 96.2 cm³/mol. The normalized spacial score (nSPS) is 10.9. The molecule has 0 aliphatic carbocycles. The first kappa shape index (κ1) is 15.7. The third kappa shape index (κ3) is 3.76. The summed E-state index contributed by atoms with van der Waals surface area (Å²) in [6.07, 6.45) is 0.973. The average molecular weight is 376 g/mol. The molecule has 2 aromatic carbocycles. The van der Waals surface area contributed by atoms with Gasteiger partial charge in [-0.15, -0.1) is 0 Å². The van der Waals surface area contributed by atoms with Crippen molar-refractivity contribution in [3.05, 3.63) is 56.9 Å². The number of fused-ring (bicyclic) bond motifs is 1. The summed E-state index contributed by atoms with van der Waals surface area (Å²) < 4.78 is 6.81. The van der Waals surface area contributed by atoms with Crippen molar-refractivity contribution in [1.29, 1.82) is 0 Å². The molecule has 1 heterocycles. The Morgan fingerprint density at radius 2 is 1.96 bits per heavy atom. The Bertz CT molecular complexity index is 870. The topological polar surface area (TPSA) is 69.9 Å². The number of nitrogens with one attached hydrogen (secondary N) is 3. The van der Waals surface area contributed by atoms with E-state index in [2.05, 4.69) is 44.2 Å². The highest BCUT2D eigenvalue weighted by molar-refractivity contribution is 9.10. The van der Waals surface area contributed by atoms with Crippen LogP contribution in [-0.4, -0.2) is 16.6 Å². The Morgan fingerprint density at radius 3 is 2.78 bits per heavy atom. The number of ether oxygens (including phenoxy) is 1. The minimum Gasteiger partial charge on any atom is -0.493 e. The second-order valence-electron chi connectivity index (χ2n) is 5.29. The SMILES string of the molecule is CCCOc1ccc(Br)cc1CNc1ccc2[nH]c(=O)[nH]c2c1. The van der Waals surface area contributed by atoms with Crippen LogP contribution in [0.2, 0.25) is 0 Å². The fourth-order valence-corrected chi connectivity index (χ4v) is 2.79. The molecule has 0 aliphatic rings. The monoisotopic (exact) mass is 375 g/mol. The third-order valence-corrected chi connectivity index (χ3v) is 3.98. The summed E-state index contributed by atoms with van der Waals surface area (Å²) in [5.41, 5.74) is 3.41. The van der Waals surface area contributed by atoms with Gasteiger partial charge < -0.3 is 20.0 Å². The summed E-state index contributed by atoms with van der Waals surface area (Å²) in [6.45, 7) is 3.42. The van der Waals surface area contributed by atoms with Crippen molar-refractivity contribution in [3.63, 3.8) is 0 Å². The molecule has 120 valence electrons. The second kappa shape index (κ2) is 6.91. The Labute approximate surface area is 142 Å². The first-order chi connectivity index (χ1) is 11.2. The van der Waals surface area contributed by atoms with Gasteiger partial charge >= 0.3 is 5.69 Å². The summed E-state index contributed by atoms with van der Waals surface area (Å²) in [5, 5.41) is 3.37. The van der Waals surface area contributed by atoms with Gasteiger partial charge in [0.2, 0.25) is 0 Å². The van der Waals surface area contributed by atoms with Crippen LogP contribution >= 0.6 is 15.9 Å². The molecule has 0 bridgehead atoms. The lowest BCUT2D eigenvalue weighted by molar-refractivity contribution is 0.314. The van der Waals surface area contributed by atoms with Crippen LogP contribution in [-0.2, 0) is 6.54 Å². The van der Waals surface area contributed by atoms with Crippen molar-refractivity contribution in [2.45, 2.75) is 19.9 Å². The lowest BCUT2D eigenvalue weighted by Gasteiger charge is -2.13. The van der Waals surface area contributed by atoms with Crippen LogP contribution in [0.5, 0.6) is 5.75 Å². The van der Waals surface area contributed by atoms with Crippen LogP contribution in [0.4, 0.5) is 5.69 Å². The lowest BCUT2D eigenvalue weighted by Crippen LogP contribution is -2.04. The number of hydrogen-bond donors (Lipinski definition) is 3. The van der Waals surface area contributed by atoms with E-state index in [4.69, 9.17) is 4.74 Å². The van der Waals surface area contributed by atoms with Gasteiger partial charge in [0.15, 0.2) is 0 Å². The second-order valence-corrected chi connectivity index (χ2v) is 6.21. The van der Waals surface area contributed by atoms with Crippen molar-refractivity contribution < 1.29 is 4.74 Å². The highest BCUT2D eigenvalue weighted by Crippen LogP contribution is 2.25. The number of benzene rings is 2. The number of hydrogen-bond acceptors (Lipinski definition) is 3. The fraction of sp³-hybridized carbons (Fsp3) is 0.235. The molecule has 1 aromatic heterocycles. The molecule has 23 heavy (non-hydrogen) atoms. The fourth-order valence-electron chi connectivity index (χ4n) is 2.38. The van der Waals surface area contributed by atoms with Crippen LogP contribution in [0, 0.1) is 0 Å². The third-order valence-electron chi connectivity index (χ3n) is 3.48. The van der Waals surface area contributed by atoms with Crippen LogP contribution in [0.1, 0.15) is 18.9 Å². The van der Waals surface area contributed by atoms with Crippen molar-refractivity contribution >= 4 is 32.7 Å². The molecule has 3 N–H and O–H groups in total. The Morgan fingerprint density at radius 1 is 1.13 bits per heavy atom. The molecule has 0 spiro atoms. The van der Waals surface area contributed by atoms with Crippen molar-refractivity contribution in [3.8, 4) is 5.75 Å². The van der Waals surface area contributed by atoms with Gasteiger partial charge in [-0.25, -0.2) is 4.79 Å². The maximum absolute atomic E-state index is 11.3. The smallest absolute Gasteiger partial charge is 0.323 e. The maximum atomic E-state index is 11.3. The summed E-state index contributed by atoms with van der Waals surface area (Å²) in [4.78, 5) is 16.8. The van der Waals surface area contributed by atoms with Gasteiger partial charge in [-0.05, 0) is 42.8 Å². The summed E-state index contributed by atoms with van der Waals surface area (Å²) in [5.74, 6) is 0.888. The van der Waals surface area contributed by atoms with Gasteiger partial charge in [0.05, 0.1) is 17.6 Å². The zero-order valence-corrected chi connectivity index (χ0v) is 14.4. The lowest BCUT2D eigenvalue weighted by atomic mass is 10.2. The number of aromatic amines is 2. The quantitative estimate of drug-likeness (QED) is 0.609. The van der Waals surface area contributed by atoms with E-state index in [-0.39, 0.29) is 5.69 Å². The summed E-state index contributed by atoms with van der Waals surface area (Å²) >= 11 is 3.50. The minimum absolute atomic E-state index is 0.195. The van der Waals surface area contributed by atoms with Crippen LogP contribution in [0.25, 0.3) is 11.0 Å². The largest absolute Gasteiger partial charge is 0.493 e. The predicted octanol–water partition coefficient (Wildman–Crippen LogP) is 4.02. The van der Waals surface area contributed by atoms with E-state index in [1.807, 2.05) is 30.3 Å². The van der Waals surface area contributed by atoms with E-state index in [0.717, 1.165) is 38.9 Å². The van der Waals surface area contributed by atoms with Gasteiger partial charge in [0, 0.05) is 22.3 Å². The molecule has 0 radical (unpaired) electrons. The first-order valence-electron chi connectivity index (χ1n) is 7.53. The zero-order valence-electron chi connectivity index (χ0n) is 12.8. The van der Waals surface area contributed by atoms with E-state index in [1.165, 1.54) is 0 Å². The first-order valence-corrected chi connectivity index (χ1v) is 8.32. The van der Waals surface area contributed by atoms with Crippen LogP contribution in [0.3, 0.4) is 0 Å². The highest BCUT2D eigenvalue weighted by Gasteiger charge is 2.06. The zero-order chi connectivity index (χ0) is 16.2. The van der Waals surface area contributed by atoms with Gasteiger partial charge in [0.25, 0.3) is 0 Å². The maximum Gasteiger partial charge on any atom is 0.323 e. The molecular weight excluding hydrogens is 358 g/mol. The molecule has 6 heteroatoms. The number of aromatic nitrogens is 2. The van der Waals surface area contributed by atoms with Gasteiger partial charge in [-0.2, -0.15) is 0 Å². The van der Waals surface area contributed by atoms with Gasteiger partial charge in [-0.3, -0.25) is 0 Å². The molecule has 0 saturated heterocycles. The molecule has 0 aliphatic heterocycles. The Hall–Kier alpha value is -2.21. The van der Waals surface area contributed by atoms with Crippen molar-refractivity contribution in [2.24, 2.45) is 0 Å². The number of rotatable bonds is 6. The van der Waals surface area contributed by atoms with Crippen molar-refractivity contribution in [1.82, 2.24) is 9.97 Å². The molecule has 0 amide bonds. The van der Waals surface area contributed by atoms with E-state index in [1.54, 1.807) is 0 Å². The van der Waals surface area contributed by atoms with E-state index in [0.29, 0.717) is 13.2 Å². The standard InChI is InChI=1S/C17H18BrN3O2/c1-2-7-23-16-6-3-12(18)8-11(16)10-19-13-4-5-14-15(9-13)21-17(22)20-14/h3-6,8-9,19H,2,7,10H2,1H3,(H2,20,21,22). The molecular formula is C17H18BrN3O2. The summed E-state index contributed by atoms with van der Waals surface area (Å²) in [7, 11) is 0. The number of imidazole rings is 1. The molecule has 0 unspecified atom stereocenters. The Balaban J connectivity index is 1.78. The number of anilines is 1. The molecule has 3 rings (SSSR count). The minimum atomic E-state index is -0.195. The molecule has 5 nitrogen and oxygen atoms in total.